The van der Waals surface area contributed by atoms with Gasteiger partial charge in [0, 0.05) is 18.9 Å². The van der Waals surface area contributed by atoms with Crippen LogP contribution in [0.3, 0.4) is 0 Å². The molecule has 0 fully saturated rings. The van der Waals surface area contributed by atoms with Crippen molar-refractivity contribution in [2.75, 3.05) is 20.3 Å². The summed E-state index contributed by atoms with van der Waals surface area (Å²) in [5.41, 5.74) is 2.37. The molecule has 0 saturated heterocycles. The average molecular weight is 253 g/mol. The lowest BCUT2D eigenvalue weighted by Gasteiger charge is -2.09. The highest BCUT2D eigenvalue weighted by Crippen LogP contribution is 2.25. The molecule has 0 aliphatic heterocycles. The highest BCUT2D eigenvalue weighted by atomic mass is 35.5. The number of aromatic nitrogens is 2. The van der Waals surface area contributed by atoms with Gasteiger partial charge >= 0.3 is 0 Å². The quantitative estimate of drug-likeness (QED) is 0.785. The number of hydrogen-bond acceptors (Lipinski definition) is 4. The van der Waals surface area contributed by atoms with Gasteiger partial charge in [0.2, 0.25) is 5.88 Å². The second-order valence-electron chi connectivity index (χ2n) is 3.61. The van der Waals surface area contributed by atoms with Gasteiger partial charge in [-0.1, -0.05) is 11.6 Å². The van der Waals surface area contributed by atoms with E-state index < -0.39 is 0 Å². The Bertz CT molecular complexity index is 531. The van der Waals surface area contributed by atoms with Gasteiger partial charge in [-0.25, -0.2) is 4.98 Å². The first-order valence-corrected chi connectivity index (χ1v) is 5.64. The summed E-state index contributed by atoms with van der Waals surface area (Å²) in [7, 11) is 1.63. The Hall–Kier alpha value is -1.39. The SMILES string of the molecule is COCCOc1nc2c(Cl)ccnc2cc1C. The molecule has 4 nitrogen and oxygen atoms in total. The number of ether oxygens (including phenoxy) is 2. The van der Waals surface area contributed by atoms with Crippen LogP contribution in [0.15, 0.2) is 18.3 Å². The summed E-state index contributed by atoms with van der Waals surface area (Å²) in [4.78, 5) is 8.59. The number of halogens is 1. The molecule has 0 radical (unpaired) electrons. The highest BCUT2D eigenvalue weighted by molar-refractivity contribution is 6.34. The predicted octanol–water partition coefficient (Wildman–Crippen LogP) is 2.62. The molecule has 0 amide bonds. The van der Waals surface area contributed by atoms with E-state index in [2.05, 4.69) is 9.97 Å². The molecule has 0 unspecified atom stereocenters. The molecular weight excluding hydrogens is 240 g/mol. The van der Waals surface area contributed by atoms with E-state index in [4.69, 9.17) is 21.1 Å². The molecule has 5 heteroatoms. The Morgan fingerprint density at radius 2 is 2.18 bits per heavy atom. The van der Waals surface area contributed by atoms with Gasteiger partial charge in [-0.05, 0) is 19.1 Å². The van der Waals surface area contributed by atoms with E-state index >= 15 is 0 Å². The molecule has 2 rings (SSSR count). The molecule has 0 aromatic carbocycles. The van der Waals surface area contributed by atoms with E-state index in [9.17, 15) is 0 Å². The number of pyridine rings is 2. The minimum Gasteiger partial charge on any atom is -0.475 e. The first-order chi connectivity index (χ1) is 8.22. The smallest absolute Gasteiger partial charge is 0.217 e. The van der Waals surface area contributed by atoms with Gasteiger partial charge in [0.25, 0.3) is 0 Å². The van der Waals surface area contributed by atoms with Crippen LogP contribution in [0.4, 0.5) is 0 Å². The minimum absolute atomic E-state index is 0.466. The molecule has 0 saturated carbocycles. The highest BCUT2D eigenvalue weighted by Gasteiger charge is 2.07. The lowest BCUT2D eigenvalue weighted by atomic mass is 10.2. The topological polar surface area (TPSA) is 44.2 Å². The summed E-state index contributed by atoms with van der Waals surface area (Å²) in [6, 6.07) is 3.63. The maximum atomic E-state index is 6.06. The summed E-state index contributed by atoms with van der Waals surface area (Å²) >= 11 is 6.06. The van der Waals surface area contributed by atoms with Gasteiger partial charge in [0.1, 0.15) is 12.1 Å². The molecule has 0 atom stereocenters. The Balaban J connectivity index is 2.36. The lowest BCUT2D eigenvalue weighted by molar-refractivity contribution is 0.143. The van der Waals surface area contributed by atoms with Crippen molar-refractivity contribution in [3.8, 4) is 5.88 Å². The van der Waals surface area contributed by atoms with Crippen molar-refractivity contribution in [3.05, 3.63) is 28.9 Å². The number of fused-ring (bicyclic) bond motifs is 1. The standard InChI is InChI=1S/C12H13ClN2O2/c1-8-7-10-11(9(13)3-4-14-10)15-12(8)17-6-5-16-2/h3-4,7H,5-6H2,1-2H3. The van der Waals surface area contributed by atoms with Crippen LogP contribution in [-0.2, 0) is 4.74 Å². The fraction of sp³-hybridized carbons (Fsp3) is 0.333. The van der Waals surface area contributed by atoms with Crippen LogP contribution in [-0.4, -0.2) is 30.3 Å². The number of methoxy groups -OCH3 is 1. The van der Waals surface area contributed by atoms with Crippen molar-refractivity contribution >= 4 is 22.6 Å². The van der Waals surface area contributed by atoms with E-state index in [-0.39, 0.29) is 0 Å². The Morgan fingerprint density at radius 1 is 1.35 bits per heavy atom. The van der Waals surface area contributed by atoms with Gasteiger partial charge in [0.05, 0.1) is 17.1 Å². The van der Waals surface area contributed by atoms with E-state index in [1.807, 2.05) is 13.0 Å². The first kappa shape index (κ1) is 12.1. The molecule has 2 heterocycles. The average Bonchev–Trinajstić information content (AvgIpc) is 2.31. The van der Waals surface area contributed by atoms with Gasteiger partial charge in [-0.3, -0.25) is 4.98 Å². The minimum atomic E-state index is 0.466. The molecule has 0 aliphatic rings. The van der Waals surface area contributed by atoms with Gasteiger partial charge in [-0.2, -0.15) is 0 Å². The number of hydrogen-bond donors (Lipinski definition) is 0. The summed E-state index contributed by atoms with van der Waals surface area (Å²) in [5, 5.41) is 0.576. The normalized spacial score (nSPS) is 10.8. The Kier molecular flexibility index (Phi) is 3.76. The van der Waals surface area contributed by atoms with Crippen LogP contribution in [0.1, 0.15) is 5.56 Å². The van der Waals surface area contributed by atoms with Crippen molar-refractivity contribution in [2.45, 2.75) is 6.92 Å². The zero-order valence-electron chi connectivity index (χ0n) is 9.74. The third-order valence-corrected chi connectivity index (χ3v) is 2.64. The Morgan fingerprint density at radius 3 is 2.94 bits per heavy atom. The lowest BCUT2D eigenvalue weighted by Crippen LogP contribution is -2.06. The molecule has 0 spiro atoms. The van der Waals surface area contributed by atoms with Gasteiger partial charge < -0.3 is 9.47 Å². The van der Waals surface area contributed by atoms with Crippen molar-refractivity contribution in [1.29, 1.82) is 0 Å². The monoisotopic (exact) mass is 252 g/mol. The summed E-state index contributed by atoms with van der Waals surface area (Å²) < 4.78 is 10.4. The van der Waals surface area contributed by atoms with Crippen molar-refractivity contribution < 1.29 is 9.47 Å². The summed E-state index contributed by atoms with van der Waals surface area (Å²) in [5.74, 6) is 0.574. The maximum Gasteiger partial charge on any atom is 0.217 e. The molecular formula is C12H13ClN2O2. The third kappa shape index (κ3) is 2.65. The first-order valence-electron chi connectivity index (χ1n) is 5.26. The zero-order valence-corrected chi connectivity index (χ0v) is 10.5. The van der Waals surface area contributed by atoms with Crippen molar-refractivity contribution in [3.63, 3.8) is 0 Å². The third-order valence-electron chi connectivity index (χ3n) is 2.33. The molecule has 90 valence electrons. The van der Waals surface area contributed by atoms with Gasteiger partial charge in [-0.15, -0.1) is 0 Å². The predicted molar refractivity (Wildman–Crippen MR) is 66.7 cm³/mol. The van der Waals surface area contributed by atoms with Gasteiger partial charge in [0.15, 0.2) is 0 Å². The van der Waals surface area contributed by atoms with Crippen LogP contribution >= 0.6 is 11.6 Å². The van der Waals surface area contributed by atoms with E-state index in [0.717, 1.165) is 11.1 Å². The van der Waals surface area contributed by atoms with Crippen LogP contribution < -0.4 is 4.74 Å². The van der Waals surface area contributed by atoms with Crippen molar-refractivity contribution in [1.82, 2.24) is 9.97 Å². The Labute approximate surface area is 105 Å². The second kappa shape index (κ2) is 5.29. The number of rotatable bonds is 4. The summed E-state index contributed by atoms with van der Waals surface area (Å²) in [6.45, 7) is 2.92. The zero-order chi connectivity index (χ0) is 12.3. The van der Waals surface area contributed by atoms with Crippen molar-refractivity contribution in [2.24, 2.45) is 0 Å². The summed E-state index contributed by atoms with van der Waals surface area (Å²) in [6.07, 6.45) is 1.66. The van der Waals surface area contributed by atoms with Crippen LogP contribution in [0.2, 0.25) is 5.02 Å². The molecule has 0 N–H and O–H groups in total. The molecule has 0 bridgehead atoms. The fourth-order valence-electron chi connectivity index (χ4n) is 1.49. The molecule has 0 aliphatic carbocycles. The van der Waals surface area contributed by atoms with E-state index in [1.54, 1.807) is 19.4 Å². The van der Waals surface area contributed by atoms with Crippen LogP contribution in [0.25, 0.3) is 11.0 Å². The molecule has 2 aromatic heterocycles. The molecule has 2 aromatic rings. The number of aryl methyl sites for hydroxylation is 1. The van der Waals surface area contributed by atoms with Crippen LogP contribution in [0, 0.1) is 6.92 Å². The maximum absolute atomic E-state index is 6.06. The van der Waals surface area contributed by atoms with Crippen LogP contribution in [0.5, 0.6) is 5.88 Å². The van der Waals surface area contributed by atoms with E-state index in [1.165, 1.54) is 0 Å². The fourth-order valence-corrected chi connectivity index (χ4v) is 1.68. The number of nitrogens with zero attached hydrogens (tertiary/aromatic N) is 2. The second-order valence-corrected chi connectivity index (χ2v) is 4.02. The van der Waals surface area contributed by atoms with E-state index in [0.29, 0.717) is 29.6 Å². The molecule has 17 heavy (non-hydrogen) atoms. The largest absolute Gasteiger partial charge is 0.475 e.